The zero-order chi connectivity index (χ0) is 22.4. The van der Waals surface area contributed by atoms with Crippen LogP contribution in [0.2, 0.25) is 0 Å². The predicted molar refractivity (Wildman–Crippen MR) is 115 cm³/mol. The van der Waals surface area contributed by atoms with Gasteiger partial charge in [0.15, 0.2) is 5.75 Å². The van der Waals surface area contributed by atoms with Gasteiger partial charge in [0.05, 0.1) is 10.6 Å². The number of halogens is 1. The molecule has 162 valence electrons. The Bertz CT molecular complexity index is 1150. The number of nitrogens with one attached hydrogen (secondary N) is 1. The van der Waals surface area contributed by atoms with Crippen LogP contribution in [0.1, 0.15) is 24.2 Å². The van der Waals surface area contributed by atoms with Crippen LogP contribution in [0.25, 0.3) is 0 Å². The molecule has 0 unspecified atom stereocenters. The quantitative estimate of drug-likeness (QED) is 0.561. The summed E-state index contributed by atoms with van der Waals surface area (Å²) in [6, 6.07) is 12.6. The van der Waals surface area contributed by atoms with Gasteiger partial charge in [-0.15, -0.1) is 0 Å². The minimum atomic E-state index is -3.75. The predicted octanol–water partition coefficient (Wildman–Crippen LogP) is 4.30. The Morgan fingerprint density at radius 3 is 2.29 bits per heavy atom. The summed E-state index contributed by atoms with van der Waals surface area (Å²) in [4.78, 5) is 16.6. The van der Waals surface area contributed by atoms with Gasteiger partial charge in [0.1, 0.15) is 11.6 Å². The van der Waals surface area contributed by atoms with E-state index in [-0.39, 0.29) is 16.3 Å². The van der Waals surface area contributed by atoms with Gasteiger partial charge in [0, 0.05) is 31.0 Å². The van der Waals surface area contributed by atoms with Gasteiger partial charge in [-0.1, -0.05) is 13.8 Å². The van der Waals surface area contributed by atoms with Gasteiger partial charge in [0.25, 0.3) is 5.91 Å². The lowest BCUT2D eigenvalue weighted by Gasteiger charge is -2.20. The zero-order valence-corrected chi connectivity index (χ0v) is 17.9. The fraction of sp³-hybridized carbons (Fsp3) is 0.182. The topological polar surface area (TPSA) is 88.6 Å². The van der Waals surface area contributed by atoms with E-state index in [9.17, 15) is 17.6 Å². The summed E-state index contributed by atoms with van der Waals surface area (Å²) in [5, 5.41) is 2.70. The number of carbonyl (C=O) groups is 1. The molecule has 1 aromatic heterocycles. The molecule has 0 aliphatic rings. The number of amides is 1. The van der Waals surface area contributed by atoms with Crippen molar-refractivity contribution in [2.75, 3.05) is 18.4 Å². The van der Waals surface area contributed by atoms with E-state index in [4.69, 9.17) is 4.74 Å². The van der Waals surface area contributed by atoms with E-state index in [1.54, 1.807) is 13.8 Å². The Morgan fingerprint density at radius 2 is 1.68 bits per heavy atom. The summed E-state index contributed by atoms with van der Waals surface area (Å²) < 4.78 is 46.2. The molecule has 0 bridgehead atoms. The summed E-state index contributed by atoms with van der Waals surface area (Å²) in [7, 11) is -3.75. The molecule has 0 fully saturated rings. The summed E-state index contributed by atoms with van der Waals surface area (Å²) in [6.45, 7) is 4.12. The molecule has 0 saturated heterocycles. The number of sulfonamides is 1. The van der Waals surface area contributed by atoms with Crippen molar-refractivity contribution in [1.29, 1.82) is 0 Å². The number of ether oxygens (including phenoxy) is 1. The van der Waals surface area contributed by atoms with Crippen molar-refractivity contribution in [3.63, 3.8) is 0 Å². The molecule has 31 heavy (non-hydrogen) atoms. The van der Waals surface area contributed by atoms with Crippen LogP contribution in [0.3, 0.4) is 0 Å². The molecule has 1 heterocycles. The molecule has 1 amide bonds. The average molecular weight is 444 g/mol. The Kier molecular flexibility index (Phi) is 6.98. The highest BCUT2D eigenvalue weighted by Crippen LogP contribution is 2.33. The molecule has 0 atom stereocenters. The van der Waals surface area contributed by atoms with Crippen molar-refractivity contribution in [3.8, 4) is 11.5 Å². The van der Waals surface area contributed by atoms with E-state index < -0.39 is 21.7 Å². The van der Waals surface area contributed by atoms with Gasteiger partial charge in [-0.25, -0.2) is 12.8 Å². The summed E-state index contributed by atoms with van der Waals surface area (Å²) in [5.41, 5.74) is 0.513. The molecule has 0 saturated carbocycles. The molecular formula is C22H22FN3O4S. The lowest BCUT2D eigenvalue weighted by Crippen LogP contribution is -2.30. The molecule has 7 nitrogen and oxygen atoms in total. The van der Waals surface area contributed by atoms with Crippen LogP contribution in [-0.2, 0) is 10.0 Å². The smallest absolute Gasteiger partial charge is 0.255 e. The largest absolute Gasteiger partial charge is 0.455 e. The maximum atomic E-state index is 13.2. The highest BCUT2D eigenvalue weighted by molar-refractivity contribution is 7.89. The minimum absolute atomic E-state index is 0.0210. The van der Waals surface area contributed by atoms with Gasteiger partial charge in [0.2, 0.25) is 10.0 Å². The molecule has 0 spiro atoms. The van der Waals surface area contributed by atoms with Gasteiger partial charge >= 0.3 is 0 Å². The van der Waals surface area contributed by atoms with Crippen LogP contribution in [0.4, 0.5) is 10.1 Å². The first kappa shape index (κ1) is 22.4. The minimum Gasteiger partial charge on any atom is -0.455 e. The maximum absolute atomic E-state index is 13.2. The summed E-state index contributed by atoms with van der Waals surface area (Å²) in [5.74, 6) is -0.323. The third-order valence-electron chi connectivity index (χ3n) is 4.53. The van der Waals surface area contributed by atoms with Crippen molar-refractivity contribution in [1.82, 2.24) is 9.29 Å². The normalized spacial score (nSPS) is 11.4. The number of aromatic nitrogens is 1. The van der Waals surface area contributed by atoms with Crippen molar-refractivity contribution in [3.05, 3.63) is 78.4 Å². The maximum Gasteiger partial charge on any atom is 0.255 e. The third kappa shape index (κ3) is 5.25. The van der Waals surface area contributed by atoms with E-state index in [0.29, 0.717) is 24.4 Å². The number of pyridine rings is 1. The van der Waals surface area contributed by atoms with Crippen molar-refractivity contribution in [2.45, 2.75) is 18.7 Å². The van der Waals surface area contributed by atoms with E-state index in [1.165, 1.54) is 71.3 Å². The second kappa shape index (κ2) is 9.67. The Morgan fingerprint density at radius 1 is 1.03 bits per heavy atom. The highest BCUT2D eigenvalue weighted by Gasteiger charge is 2.23. The fourth-order valence-corrected chi connectivity index (χ4v) is 4.38. The van der Waals surface area contributed by atoms with Gasteiger partial charge in [-0.05, 0) is 54.6 Å². The number of nitrogens with zero attached hydrogens (tertiary/aromatic N) is 2. The molecule has 9 heteroatoms. The standard InChI is InChI=1S/C22H22FN3O4S/c1-3-26(4-2)31(28,29)19-9-10-21(30-18-7-5-17(23)6-8-18)20(15-19)25-22(27)16-11-13-24-14-12-16/h5-15H,3-4H2,1-2H3,(H,25,27). The monoisotopic (exact) mass is 443 g/mol. The number of rotatable bonds is 8. The second-order valence-corrected chi connectivity index (χ2v) is 8.43. The van der Waals surface area contributed by atoms with Crippen molar-refractivity contribution in [2.24, 2.45) is 0 Å². The van der Waals surface area contributed by atoms with Gasteiger partial charge < -0.3 is 10.1 Å². The number of carbonyl (C=O) groups excluding carboxylic acids is 1. The molecule has 1 N–H and O–H groups in total. The zero-order valence-electron chi connectivity index (χ0n) is 17.1. The molecular weight excluding hydrogens is 421 g/mol. The number of hydrogen-bond donors (Lipinski definition) is 1. The van der Waals surface area contributed by atoms with Crippen molar-refractivity contribution < 1.29 is 22.3 Å². The first-order valence-corrected chi connectivity index (χ1v) is 11.1. The molecule has 0 aliphatic carbocycles. The SMILES string of the molecule is CCN(CC)S(=O)(=O)c1ccc(Oc2ccc(F)cc2)c(NC(=O)c2ccncc2)c1. The van der Waals surface area contributed by atoms with Crippen LogP contribution in [0, 0.1) is 5.82 Å². The highest BCUT2D eigenvalue weighted by atomic mass is 32.2. The summed E-state index contributed by atoms with van der Waals surface area (Å²) in [6.07, 6.45) is 2.96. The number of benzene rings is 2. The molecule has 3 aromatic rings. The third-order valence-corrected chi connectivity index (χ3v) is 6.57. The Labute approximate surface area is 180 Å². The molecule has 3 rings (SSSR count). The van der Waals surface area contributed by atoms with E-state index in [2.05, 4.69) is 10.3 Å². The summed E-state index contributed by atoms with van der Waals surface area (Å²) >= 11 is 0. The second-order valence-electron chi connectivity index (χ2n) is 6.49. The Hall–Kier alpha value is -3.30. The van der Waals surface area contributed by atoms with E-state index >= 15 is 0 Å². The first-order valence-electron chi connectivity index (χ1n) is 9.64. The lowest BCUT2D eigenvalue weighted by atomic mass is 10.2. The number of hydrogen-bond acceptors (Lipinski definition) is 5. The lowest BCUT2D eigenvalue weighted by molar-refractivity contribution is 0.102. The van der Waals surface area contributed by atoms with Gasteiger partial charge in [-0.3, -0.25) is 9.78 Å². The molecule has 2 aromatic carbocycles. The van der Waals surface area contributed by atoms with Gasteiger partial charge in [-0.2, -0.15) is 4.31 Å². The van der Waals surface area contributed by atoms with Crippen LogP contribution in [-0.4, -0.2) is 36.7 Å². The van der Waals surface area contributed by atoms with Crippen molar-refractivity contribution >= 4 is 21.6 Å². The van der Waals surface area contributed by atoms with Crippen LogP contribution < -0.4 is 10.1 Å². The Balaban J connectivity index is 2.01. The van der Waals surface area contributed by atoms with Crippen LogP contribution >= 0.6 is 0 Å². The molecule has 0 aliphatic heterocycles. The van der Waals surface area contributed by atoms with Crippen LogP contribution in [0.5, 0.6) is 11.5 Å². The van der Waals surface area contributed by atoms with E-state index in [1.807, 2.05) is 0 Å². The van der Waals surface area contributed by atoms with E-state index in [0.717, 1.165) is 0 Å². The number of anilines is 1. The molecule has 0 radical (unpaired) electrons. The fourth-order valence-electron chi connectivity index (χ4n) is 2.90. The van der Waals surface area contributed by atoms with Crippen LogP contribution in [0.15, 0.2) is 71.9 Å². The average Bonchev–Trinajstić information content (AvgIpc) is 2.77. The first-order chi connectivity index (χ1) is 14.8.